The third-order valence-electron chi connectivity index (χ3n) is 3.55. The summed E-state index contributed by atoms with van der Waals surface area (Å²) in [6.07, 6.45) is -2.76. The number of likely N-dealkylation sites (tertiary alicyclic amines) is 1. The van der Waals surface area contributed by atoms with Crippen LogP contribution in [0.25, 0.3) is 0 Å². The van der Waals surface area contributed by atoms with Crippen molar-refractivity contribution in [3.05, 3.63) is 29.6 Å². The summed E-state index contributed by atoms with van der Waals surface area (Å²) in [6.45, 7) is 0.942. The Morgan fingerprint density at radius 2 is 2.19 bits per heavy atom. The minimum absolute atomic E-state index is 0.0606. The molecule has 1 saturated heterocycles. The fourth-order valence-corrected chi connectivity index (χ4v) is 2.37. The lowest BCUT2D eigenvalue weighted by Crippen LogP contribution is -2.55. The second-order valence-electron chi connectivity index (χ2n) is 5.25. The SMILES string of the molecule is NC(=O)[C@]1(O)CCCN(Cc2ccc(C(F)(F)F)cn2)C1. The molecule has 0 aromatic carbocycles. The number of hydrogen-bond acceptors (Lipinski definition) is 4. The van der Waals surface area contributed by atoms with Gasteiger partial charge in [-0.25, -0.2) is 0 Å². The molecule has 1 aliphatic rings. The number of pyridine rings is 1. The maximum Gasteiger partial charge on any atom is 0.417 e. The fourth-order valence-electron chi connectivity index (χ4n) is 2.37. The molecule has 0 aliphatic carbocycles. The maximum atomic E-state index is 12.4. The van der Waals surface area contributed by atoms with Crippen LogP contribution in [0.4, 0.5) is 13.2 Å². The number of nitrogens with zero attached hydrogens (tertiary/aromatic N) is 2. The van der Waals surface area contributed by atoms with Gasteiger partial charge in [0.05, 0.1) is 11.3 Å². The summed E-state index contributed by atoms with van der Waals surface area (Å²) in [6, 6.07) is 2.26. The van der Waals surface area contributed by atoms with Crippen molar-refractivity contribution < 1.29 is 23.1 Å². The summed E-state index contributed by atoms with van der Waals surface area (Å²) in [5.74, 6) is -0.785. The van der Waals surface area contributed by atoms with Crippen LogP contribution in [-0.2, 0) is 17.5 Å². The Morgan fingerprint density at radius 3 is 2.71 bits per heavy atom. The highest BCUT2D eigenvalue weighted by Gasteiger charge is 2.38. The minimum atomic E-state index is -4.41. The quantitative estimate of drug-likeness (QED) is 0.870. The molecule has 1 aromatic rings. The van der Waals surface area contributed by atoms with Crippen LogP contribution in [0, 0.1) is 0 Å². The van der Waals surface area contributed by atoms with Crippen LogP contribution in [-0.4, -0.2) is 39.6 Å². The smallest absolute Gasteiger partial charge is 0.379 e. The molecule has 0 saturated carbocycles. The number of aromatic nitrogens is 1. The zero-order chi connectivity index (χ0) is 15.7. The van der Waals surface area contributed by atoms with E-state index in [9.17, 15) is 23.1 Å². The molecule has 5 nitrogen and oxygen atoms in total. The molecule has 8 heteroatoms. The van der Waals surface area contributed by atoms with Gasteiger partial charge in [-0.1, -0.05) is 0 Å². The number of nitrogens with two attached hydrogens (primary N) is 1. The van der Waals surface area contributed by atoms with Crippen LogP contribution in [0.3, 0.4) is 0 Å². The van der Waals surface area contributed by atoms with Crippen LogP contribution < -0.4 is 5.73 Å². The van der Waals surface area contributed by atoms with Gasteiger partial charge in [-0.2, -0.15) is 13.2 Å². The van der Waals surface area contributed by atoms with E-state index in [0.29, 0.717) is 25.1 Å². The molecule has 21 heavy (non-hydrogen) atoms. The fraction of sp³-hybridized carbons (Fsp3) is 0.538. The molecule has 2 heterocycles. The van der Waals surface area contributed by atoms with E-state index < -0.39 is 23.2 Å². The van der Waals surface area contributed by atoms with Gasteiger partial charge in [0.2, 0.25) is 0 Å². The molecule has 0 radical (unpaired) electrons. The van der Waals surface area contributed by atoms with Crippen molar-refractivity contribution in [3.63, 3.8) is 0 Å². The maximum absolute atomic E-state index is 12.4. The molecule has 1 atom stereocenters. The van der Waals surface area contributed by atoms with Gasteiger partial charge < -0.3 is 10.8 Å². The lowest BCUT2D eigenvalue weighted by atomic mass is 9.92. The topological polar surface area (TPSA) is 79.5 Å². The van der Waals surface area contributed by atoms with Crippen LogP contribution >= 0.6 is 0 Å². The van der Waals surface area contributed by atoms with Gasteiger partial charge in [0.1, 0.15) is 0 Å². The summed E-state index contributed by atoms with van der Waals surface area (Å²) in [5, 5.41) is 10.1. The lowest BCUT2D eigenvalue weighted by molar-refractivity contribution is -0.142. The lowest BCUT2D eigenvalue weighted by Gasteiger charge is -2.36. The van der Waals surface area contributed by atoms with Gasteiger partial charge in [-0.3, -0.25) is 14.7 Å². The summed E-state index contributed by atoms with van der Waals surface area (Å²) in [7, 11) is 0. The summed E-state index contributed by atoms with van der Waals surface area (Å²) in [4.78, 5) is 16.8. The standard InChI is InChI=1S/C13H16F3N3O2/c14-13(15,16)9-2-3-10(18-6-9)7-19-5-1-4-12(21,8-19)11(17)20/h2-3,6,21H,1,4-5,7-8H2,(H2,17,20)/t12-/m0/s1. The van der Waals surface area contributed by atoms with Gasteiger partial charge in [-0.05, 0) is 31.5 Å². The number of β-amino-alcohol motifs (C(OH)–C–C–N with tert-alkyl or cyclic N) is 1. The molecule has 2 rings (SSSR count). The van der Waals surface area contributed by atoms with Crippen molar-refractivity contribution in [1.82, 2.24) is 9.88 Å². The van der Waals surface area contributed by atoms with Crippen LogP contribution in [0.5, 0.6) is 0 Å². The number of alkyl halides is 3. The number of primary amides is 1. The molecular weight excluding hydrogens is 287 g/mol. The average Bonchev–Trinajstić information content (AvgIpc) is 2.38. The van der Waals surface area contributed by atoms with E-state index in [4.69, 9.17) is 5.73 Å². The van der Waals surface area contributed by atoms with Crippen LogP contribution in [0.1, 0.15) is 24.1 Å². The zero-order valence-electron chi connectivity index (χ0n) is 11.2. The van der Waals surface area contributed by atoms with E-state index in [0.717, 1.165) is 12.3 Å². The summed E-state index contributed by atoms with van der Waals surface area (Å²) in [5.41, 5.74) is 3.22. The predicted octanol–water partition coefficient (Wildman–Crippen LogP) is 0.913. The van der Waals surface area contributed by atoms with Gasteiger partial charge >= 0.3 is 6.18 Å². The van der Waals surface area contributed by atoms with Gasteiger partial charge in [0.25, 0.3) is 5.91 Å². The van der Waals surface area contributed by atoms with Crippen molar-refractivity contribution in [2.45, 2.75) is 31.2 Å². The first-order chi connectivity index (χ1) is 9.71. The van der Waals surface area contributed by atoms with E-state index in [2.05, 4.69) is 4.98 Å². The monoisotopic (exact) mass is 303 g/mol. The molecule has 0 unspecified atom stereocenters. The Hall–Kier alpha value is -1.67. The molecule has 1 fully saturated rings. The number of aliphatic hydroxyl groups is 1. The highest BCUT2D eigenvalue weighted by Crippen LogP contribution is 2.28. The van der Waals surface area contributed by atoms with Crippen molar-refractivity contribution in [2.24, 2.45) is 5.73 Å². The number of piperidine rings is 1. The zero-order valence-corrected chi connectivity index (χ0v) is 11.2. The van der Waals surface area contributed by atoms with Crippen molar-refractivity contribution in [1.29, 1.82) is 0 Å². The molecular formula is C13H16F3N3O2. The number of amides is 1. The Morgan fingerprint density at radius 1 is 1.48 bits per heavy atom. The van der Waals surface area contributed by atoms with E-state index in [1.165, 1.54) is 6.07 Å². The van der Waals surface area contributed by atoms with Crippen molar-refractivity contribution in [2.75, 3.05) is 13.1 Å². The normalized spacial score (nSPS) is 24.0. The second kappa shape index (κ2) is 5.61. The average molecular weight is 303 g/mol. The van der Waals surface area contributed by atoms with E-state index in [-0.39, 0.29) is 13.1 Å². The number of rotatable bonds is 3. The summed E-state index contributed by atoms with van der Waals surface area (Å²) >= 11 is 0. The third kappa shape index (κ3) is 3.70. The van der Waals surface area contributed by atoms with Crippen molar-refractivity contribution in [3.8, 4) is 0 Å². The van der Waals surface area contributed by atoms with E-state index in [1.54, 1.807) is 4.90 Å². The molecule has 1 aliphatic heterocycles. The molecule has 116 valence electrons. The Balaban J connectivity index is 2.03. The second-order valence-corrected chi connectivity index (χ2v) is 5.25. The third-order valence-corrected chi connectivity index (χ3v) is 3.55. The van der Waals surface area contributed by atoms with Crippen LogP contribution in [0.15, 0.2) is 18.3 Å². The number of carbonyl (C=O) groups excluding carboxylic acids is 1. The first-order valence-electron chi connectivity index (χ1n) is 6.47. The minimum Gasteiger partial charge on any atom is -0.379 e. The number of carbonyl (C=O) groups is 1. The largest absolute Gasteiger partial charge is 0.417 e. The Bertz CT molecular complexity index is 518. The van der Waals surface area contributed by atoms with E-state index >= 15 is 0 Å². The highest BCUT2D eigenvalue weighted by atomic mass is 19.4. The molecule has 0 bridgehead atoms. The Kier molecular flexibility index (Phi) is 4.20. The van der Waals surface area contributed by atoms with Crippen molar-refractivity contribution >= 4 is 5.91 Å². The first-order valence-corrected chi connectivity index (χ1v) is 6.47. The van der Waals surface area contributed by atoms with Gasteiger partial charge in [0.15, 0.2) is 5.60 Å². The molecule has 0 spiro atoms. The number of hydrogen-bond donors (Lipinski definition) is 2. The van der Waals surface area contributed by atoms with E-state index in [1.807, 2.05) is 0 Å². The highest BCUT2D eigenvalue weighted by molar-refractivity contribution is 5.83. The van der Waals surface area contributed by atoms with Gasteiger partial charge in [-0.15, -0.1) is 0 Å². The summed E-state index contributed by atoms with van der Waals surface area (Å²) < 4.78 is 37.3. The molecule has 1 aromatic heterocycles. The first kappa shape index (κ1) is 15.7. The molecule has 1 amide bonds. The Labute approximate surface area is 119 Å². The van der Waals surface area contributed by atoms with Crippen LogP contribution in [0.2, 0.25) is 0 Å². The molecule has 3 N–H and O–H groups in total. The number of halogens is 3. The van der Waals surface area contributed by atoms with Gasteiger partial charge in [0, 0.05) is 19.3 Å². The predicted molar refractivity (Wildman–Crippen MR) is 67.9 cm³/mol.